The molecule has 0 radical (unpaired) electrons. The van der Waals surface area contributed by atoms with Gasteiger partial charge in [0, 0.05) is 19.3 Å². The summed E-state index contributed by atoms with van der Waals surface area (Å²) in [4.78, 5) is 22.8. The van der Waals surface area contributed by atoms with Crippen LogP contribution in [0.15, 0.2) is 0 Å². The average Bonchev–Trinajstić information content (AvgIpc) is 2.36. The summed E-state index contributed by atoms with van der Waals surface area (Å²) in [6, 6.07) is -1.17. The third kappa shape index (κ3) is 4.52. The van der Waals surface area contributed by atoms with E-state index in [4.69, 9.17) is 9.84 Å². The van der Waals surface area contributed by atoms with Crippen LogP contribution >= 0.6 is 0 Å². The molecule has 0 aromatic carbocycles. The Morgan fingerprint density at radius 3 is 2.50 bits per heavy atom. The number of carbonyl (C=O) groups is 2. The van der Waals surface area contributed by atoms with Crippen LogP contribution < -0.4 is 10.6 Å². The highest BCUT2D eigenvalue weighted by molar-refractivity contribution is 5.82. The van der Waals surface area contributed by atoms with Crippen molar-refractivity contribution in [1.29, 1.82) is 0 Å². The molecule has 3 N–H and O–H groups in total. The van der Waals surface area contributed by atoms with E-state index in [2.05, 4.69) is 10.6 Å². The maximum absolute atomic E-state index is 11.7. The predicted molar refractivity (Wildman–Crippen MR) is 66.4 cm³/mol. The van der Waals surface area contributed by atoms with E-state index in [1.807, 2.05) is 13.8 Å². The molecule has 18 heavy (non-hydrogen) atoms. The zero-order valence-corrected chi connectivity index (χ0v) is 10.9. The molecule has 104 valence electrons. The number of urea groups is 1. The van der Waals surface area contributed by atoms with E-state index in [1.54, 1.807) is 0 Å². The van der Waals surface area contributed by atoms with Gasteiger partial charge in [-0.25, -0.2) is 9.59 Å². The van der Waals surface area contributed by atoms with Gasteiger partial charge in [0.15, 0.2) is 0 Å². The number of hydrogen-bond donors (Lipinski definition) is 3. The summed E-state index contributed by atoms with van der Waals surface area (Å²) < 4.78 is 5.19. The first-order valence-corrected chi connectivity index (χ1v) is 6.42. The molecule has 1 heterocycles. The minimum atomic E-state index is -0.994. The third-order valence-electron chi connectivity index (χ3n) is 3.32. The van der Waals surface area contributed by atoms with Gasteiger partial charge in [0.05, 0.1) is 0 Å². The number of amides is 2. The highest BCUT2D eigenvalue weighted by Crippen LogP contribution is 2.09. The van der Waals surface area contributed by atoms with Crippen molar-refractivity contribution >= 4 is 12.0 Å². The van der Waals surface area contributed by atoms with Gasteiger partial charge in [-0.05, 0) is 18.8 Å². The van der Waals surface area contributed by atoms with E-state index in [0.717, 1.165) is 12.8 Å². The van der Waals surface area contributed by atoms with Crippen LogP contribution in [0.2, 0.25) is 0 Å². The number of nitrogens with one attached hydrogen (secondary N) is 2. The quantitative estimate of drug-likeness (QED) is 0.685. The number of carboxylic acids is 1. The van der Waals surface area contributed by atoms with Crippen LogP contribution in [0, 0.1) is 5.92 Å². The molecular weight excluding hydrogens is 236 g/mol. The molecule has 6 heteroatoms. The van der Waals surface area contributed by atoms with Crippen LogP contribution in [0.3, 0.4) is 0 Å². The summed E-state index contributed by atoms with van der Waals surface area (Å²) in [5.74, 6) is -1.09. The van der Waals surface area contributed by atoms with Crippen LogP contribution in [0.1, 0.15) is 33.1 Å². The number of carbonyl (C=O) groups excluding carboxylic acids is 1. The first kappa shape index (κ1) is 14.8. The van der Waals surface area contributed by atoms with Crippen molar-refractivity contribution in [2.45, 2.75) is 45.2 Å². The molecule has 0 bridgehead atoms. The number of rotatable bonds is 5. The lowest BCUT2D eigenvalue weighted by Crippen LogP contribution is -2.52. The molecule has 1 rings (SSSR count). The van der Waals surface area contributed by atoms with Gasteiger partial charge < -0.3 is 20.5 Å². The second-order valence-electron chi connectivity index (χ2n) is 4.71. The molecule has 2 amide bonds. The van der Waals surface area contributed by atoms with Crippen molar-refractivity contribution < 1.29 is 19.4 Å². The Morgan fingerprint density at radius 1 is 1.39 bits per heavy atom. The summed E-state index contributed by atoms with van der Waals surface area (Å²) in [5, 5.41) is 14.4. The Bertz CT molecular complexity index is 290. The van der Waals surface area contributed by atoms with Crippen LogP contribution in [0.25, 0.3) is 0 Å². The Kier molecular flexibility index (Phi) is 5.91. The van der Waals surface area contributed by atoms with Crippen LogP contribution in [-0.4, -0.2) is 42.4 Å². The molecule has 0 aromatic rings. The highest BCUT2D eigenvalue weighted by Gasteiger charge is 2.26. The van der Waals surface area contributed by atoms with E-state index in [-0.39, 0.29) is 12.0 Å². The number of ether oxygens (including phenoxy) is 1. The van der Waals surface area contributed by atoms with Crippen LogP contribution in [0.5, 0.6) is 0 Å². The first-order valence-electron chi connectivity index (χ1n) is 6.42. The van der Waals surface area contributed by atoms with Crippen molar-refractivity contribution in [3.63, 3.8) is 0 Å². The minimum absolute atomic E-state index is 0.0742. The lowest BCUT2D eigenvalue weighted by atomic mass is 9.99. The molecule has 1 saturated heterocycles. The standard InChI is InChI=1S/C12H22N2O4/c1-3-8(2)10(11(15)16)14-12(17)13-9-4-6-18-7-5-9/h8-10H,3-7H2,1-2H3,(H,15,16)(H2,13,14,17)/t8-,10-/m0/s1. The van der Waals surface area contributed by atoms with Gasteiger partial charge in [0.25, 0.3) is 0 Å². The van der Waals surface area contributed by atoms with E-state index in [1.165, 1.54) is 0 Å². The Balaban J connectivity index is 2.42. The summed E-state index contributed by atoms with van der Waals surface area (Å²) in [7, 11) is 0. The fourth-order valence-electron chi connectivity index (χ4n) is 1.89. The molecule has 0 saturated carbocycles. The van der Waals surface area contributed by atoms with Crippen molar-refractivity contribution in [3.05, 3.63) is 0 Å². The molecule has 1 aliphatic rings. The Hall–Kier alpha value is -1.30. The molecule has 0 spiro atoms. The Labute approximate surface area is 107 Å². The maximum atomic E-state index is 11.7. The molecule has 0 unspecified atom stereocenters. The summed E-state index contributed by atoms with van der Waals surface area (Å²) >= 11 is 0. The number of carboxylic acid groups (broad SMARTS) is 1. The smallest absolute Gasteiger partial charge is 0.326 e. The third-order valence-corrected chi connectivity index (χ3v) is 3.32. The normalized spacial score (nSPS) is 19.9. The summed E-state index contributed by atoms with van der Waals surface area (Å²) in [6.45, 7) is 4.99. The Morgan fingerprint density at radius 2 is 2.00 bits per heavy atom. The van der Waals surface area contributed by atoms with Crippen molar-refractivity contribution in [3.8, 4) is 0 Å². The fraction of sp³-hybridized carbons (Fsp3) is 0.833. The summed E-state index contributed by atoms with van der Waals surface area (Å²) in [6.07, 6.45) is 2.25. The monoisotopic (exact) mass is 258 g/mol. The number of aliphatic carboxylic acids is 1. The SMILES string of the molecule is CC[C@H](C)[C@H](NC(=O)NC1CCOCC1)C(=O)O. The molecule has 6 nitrogen and oxygen atoms in total. The second kappa shape index (κ2) is 7.20. The lowest BCUT2D eigenvalue weighted by molar-refractivity contribution is -0.140. The largest absolute Gasteiger partial charge is 0.480 e. The van der Waals surface area contributed by atoms with Gasteiger partial charge in [-0.2, -0.15) is 0 Å². The molecule has 1 fully saturated rings. The van der Waals surface area contributed by atoms with Gasteiger partial charge >= 0.3 is 12.0 Å². The van der Waals surface area contributed by atoms with Crippen molar-refractivity contribution in [2.24, 2.45) is 5.92 Å². The van der Waals surface area contributed by atoms with Gasteiger partial charge in [-0.15, -0.1) is 0 Å². The lowest BCUT2D eigenvalue weighted by Gasteiger charge is -2.25. The van der Waals surface area contributed by atoms with E-state index in [0.29, 0.717) is 19.6 Å². The van der Waals surface area contributed by atoms with Gasteiger partial charge in [-0.1, -0.05) is 20.3 Å². The zero-order valence-electron chi connectivity index (χ0n) is 10.9. The van der Waals surface area contributed by atoms with E-state index in [9.17, 15) is 9.59 Å². The minimum Gasteiger partial charge on any atom is -0.480 e. The molecule has 0 aliphatic carbocycles. The second-order valence-corrected chi connectivity index (χ2v) is 4.71. The van der Waals surface area contributed by atoms with E-state index >= 15 is 0 Å². The van der Waals surface area contributed by atoms with E-state index < -0.39 is 18.0 Å². The van der Waals surface area contributed by atoms with Crippen molar-refractivity contribution in [1.82, 2.24) is 10.6 Å². The number of hydrogen-bond acceptors (Lipinski definition) is 3. The first-order chi connectivity index (χ1) is 8.54. The topological polar surface area (TPSA) is 87.7 Å². The van der Waals surface area contributed by atoms with Gasteiger partial charge in [0.1, 0.15) is 6.04 Å². The molecular formula is C12H22N2O4. The molecule has 2 atom stereocenters. The van der Waals surface area contributed by atoms with Crippen LogP contribution in [0.4, 0.5) is 4.79 Å². The van der Waals surface area contributed by atoms with Crippen LogP contribution in [-0.2, 0) is 9.53 Å². The molecule has 0 aromatic heterocycles. The average molecular weight is 258 g/mol. The highest BCUT2D eigenvalue weighted by atomic mass is 16.5. The summed E-state index contributed by atoms with van der Waals surface area (Å²) in [5.41, 5.74) is 0. The maximum Gasteiger partial charge on any atom is 0.326 e. The van der Waals surface area contributed by atoms with Gasteiger partial charge in [-0.3, -0.25) is 0 Å². The van der Waals surface area contributed by atoms with Crippen molar-refractivity contribution in [2.75, 3.05) is 13.2 Å². The fourth-order valence-corrected chi connectivity index (χ4v) is 1.89. The predicted octanol–water partition coefficient (Wildman–Crippen LogP) is 0.964. The molecule has 1 aliphatic heterocycles. The zero-order chi connectivity index (χ0) is 13.5. The van der Waals surface area contributed by atoms with Gasteiger partial charge in [0.2, 0.25) is 0 Å².